The summed E-state index contributed by atoms with van der Waals surface area (Å²) in [6.07, 6.45) is 3.88. The number of nitrogens with zero attached hydrogens (tertiary/aromatic N) is 1. The average molecular weight is 219 g/mol. The van der Waals surface area contributed by atoms with Gasteiger partial charge in [0.2, 0.25) is 0 Å². The number of aliphatic hydroxyl groups is 1. The fourth-order valence-corrected chi connectivity index (χ4v) is 1.28. The van der Waals surface area contributed by atoms with E-state index in [1.54, 1.807) is 0 Å². The Hall–Kier alpha value is -0.610. The van der Waals surface area contributed by atoms with E-state index in [9.17, 15) is 0 Å². The van der Waals surface area contributed by atoms with E-state index in [-0.39, 0.29) is 0 Å². The Bertz CT molecular complexity index is 126. The van der Waals surface area contributed by atoms with E-state index < -0.39 is 12.6 Å². The molecule has 0 fully saturated rings. The van der Waals surface area contributed by atoms with E-state index in [1.807, 2.05) is 0 Å². The minimum Gasteiger partial charge on any atom is -0.480 e. The molecule has 0 aromatic heterocycles. The minimum atomic E-state index is -1.19. The quantitative estimate of drug-likeness (QED) is 0.682. The predicted octanol–water partition coefficient (Wildman–Crippen LogP) is 1.58. The molecule has 0 aliphatic heterocycles. The lowest BCUT2D eigenvalue weighted by Crippen LogP contribution is -2.25. The second-order valence-corrected chi connectivity index (χ2v) is 3.39. The van der Waals surface area contributed by atoms with Crippen molar-refractivity contribution in [2.75, 3.05) is 26.2 Å². The minimum absolute atomic E-state index is 0.778. The van der Waals surface area contributed by atoms with Gasteiger partial charge in [-0.1, -0.05) is 20.8 Å². The van der Waals surface area contributed by atoms with Crippen LogP contribution in [0.4, 0.5) is 0 Å². The normalized spacial score (nSPS) is 9.67. The Morgan fingerprint density at radius 2 is 1.27 bits per heavy atom. The number of carbonyl (C=O) groups is 1. The number of aliphatic hydroxyl groups excluding tert-OH is 1. The van der Waals surface area contributed by atoms with Crippen molar-refractivity contribution in [3.05, 3.63) is 0 Å². The second-order valence-electron chi connectivity index (χ2n) is 3.39. The summed E-state index contributed by atoms with van der Waals surface area (Å²) in [7, 11) is 0. The van der Waals surface area contributed by atoms with Gasteiger partial charge in [-0.2, -0.15) is 0 Å². The number of carboxylic acid groups (broad SMARTS) is 1. The van der Waals surface area contributed by atoms with Gasteiger partial charge in [0.1, 0.15) is 6.61 Å². The molecular formula is C11H25NO3. The molecule has 0 saturated carbocycles. The maximum atomic E-state index is 9.12. The van der Waals surface area contributed by atoms with Crippen LogP contribution in [-0.2, 0) is 4.79 Å². The summed E-state index contributed by atoms with van der Waals surface area (Å²) in [5, 5.41) is 15.0. The molecule has 2 N–H and O–H groups in total. The molecule has 92 valence electrons. The van der Waals surface area contributed by atoms with Crippen molar-refractivity contribution in [3.63, 3.8) is 0 Å². The van der Waals surface area contributed by atoms with Gasteiger partial charge in [-0.15, -0.1) is 0 Å². The first-order valence-corrected chi connectivity index (χ1v) is 5.67. The maximum Gasteiger partial charge on any atom is 0.329 e. The molecule has 4 heteroatoms. The Labute approximate surface area is 92.9 Å². The van der Waals surface area contributed by atoms with Crippen molar-refractivity contribution < 1.29 is 15.0 Å². The van der Waals surface area contributed by atoms with Crippen LogP contribution in [0.2, 0.25) is 0 Å². The zero-order valence-corrected chi connectivity index (χ0v) is 10.2. The first kappa shape index (κ1) is 16.8. The zero-order valence-electron chi connectivity index (χ0n) is 10.2. The van der Waals surface area contributed by atoms with E-state index in [2.05, 4.69) is 25.7 Å². The molecule has 15 heavy (non-hydrogen) atoms. The number of hydrogen-bond acceptors (Lipinski definition) is 3. The fraction of sp³-hybridized carbons (Fsp3) is 0.909. The Morgan fingerprint density at radius 3 is 1.40 bits per heavy atom. The Balaban J connectivity index is 0. The average Bonchev–Trinajstić information content (AvgIpc) is 2.20. The lowest BCUT2D eigenvalue weighted by atomic mass is 10.3. The maximum absolute atomic E-state index is 9.12. The smallest absolute Gasteiger partial charge is 0.329 e. The van der Waals surface area contributed by atoms with Crippen LogP contribution in [0.5, 0.6) is 0 Å². The monoisotopic (exact) mass is 219 g/mol. The number of aliphatic carboxylic acids is 1. The third-order valence-electron chi connectivity index (χ3n) is 1.75. The standard InChI is InChI=1S/C9H21N.C2H4O3/c1-4-7-10(8-5-2)9-6-3;3-1-2(4)5/h4-9H2,1-3H3;3H,1H2,(H,4,5). The molecule has 4 nitrogen and oxygen atoms in total. The van der Waals surface area contributed by atoms with E-state index in [0.29, 0.717) is 0 Å². The van der Waals surface area contributed by atoms with Crippen LogP contribution in [0, 0.1) is 0 Å². The van der Waals surface area contributed by atoms with E-state index in [4.69, 9.17) is 15.0 Å². The lowest BCUT2D eigenvalue weighted by molar-refractivity contribution is -0.140. The van der Waals surface area contributed by atoms with Gasteiger partial charge in [0, 0.05) is 0 Å². The molecular weight excluding hydrogens is 194 g/mol. The zero-order chi connectivity index (χ0) is 12.1. The Kier molecular flexibility index (Phi) is 15.0. The van der Waals surface area contributed by atoms with Crippen molar-refractivity contribution in [1.29, 1.82) is 0 Å². The molecule has 0 amide bonds. The molecule has 0 aromatic carbocycles. The molecule has 0 saturated heterocycles. The first-order valence-electron chi connectivity index (χ1n) is 5.67. The van der Waals surface area contributed by atoms with E-state index >= 15 is 0 Å². The van der Waals surface area contributed by atoms with Crippen LogP contribution in [0.1, 0.15) is 40.0 Å². The molecule has 0 unspecified atom stereocenters. The van der Waals surface area contributed by atoms with Gasteiger partial charge in [0.15, 0.2) is 0 Å². The van der Waals surface area contributed by atoms with Gasteiger partial charge in [0.05, 0.1) is 0 Å². The molecule has 0 aromatic rings. The van der Waals surface area contributed by atoms with Crippen LogP contribution in [0.3, 0.4) is 0 Å². The third kappa shape index (κ3) is 16.1. The largest absolute Gasteiger partial charge is 0.480 e. The van der Waals surface area contributed by atoms with Crippen molar-refractivity contribution in [2.24, 2.45) is 0 Å². The number of hydrogen-bond donors (Lipinski definition) is 2. The van der Waals surface area contributed by atoms with Crippen molar-refractivity contribution >= 4 is 5.97 Å². The highest BCUT2D eigenvalue weighted by Gasteiger charge is 1.98. The van der Waals surface area contributed by atoms with Gasteiger partial charge < -0.3 is 15.1 Å². The second kappa shape index (κ2) is 13.4. The van der Waals surface area contributed by atoms with Crippen LogP contribution in [-0.4, -0.2) is 47.3 Å². The Morgan fingerprint density at radius 1 is 1.00 bits per heavy atom. The SMILES string of the molecule is CCCN(CCC)CCC.O=C(O)CO. The van der Waals surface area contributed by atoms with Gasteiger partial charge in [0.25, 0.3) is 0 Å². The fourth-order valence-electron chi connectivity index (χ4n) is 1.28. The van der Waals surface area contributed by atoms with Gasteiger partial charge in [-0.05, 0) is 38.9 Å². The number of rotatable bonds is 7. The van der Waals surface area contributed by atoms with E-state index in [1.165, 1.54) is 38.9 Å². The summed E-state index contributed by atoms with van der Waals surface area (Å²) < 4.78 is 0. The lowest BCUT2D eigenvalue weighted by Gasteiger charge is -2.19. The molecule has 0 aliphatic rings. The highest BCUT2D eigenvalue weighted by atomic mass is 16.4. The van der Waals surface area contributed by atoms with Crippen LogP contribution >= 0.6 is 0 Å². The topological polar surface area (TPSA) is 60.8 Å². The highest BCUT2D eigenvalue weighted by Crippen LogP contribution is 1.94. The summed E-state index contributed by atoms with van der Waals surface area (Å²) in [6, 6.07) is 0. The molecule has 0 spiro atoms. The summed E-state index contributed by atoms with van der Waals surface area (Å²) in [4.78, 5) is 11.7. The third-order valence-corrected chi connectivity index (χ3v) is 1.75. The van der Waals surface area contributed by atoms with Crippen LogP contribution in [0.15, 0.2) is 0 Å². The van der Waals surface area contributed by atoms with Gasteiger partial charge in [-0.25, -0.2) is 4.79 Å². The molecule has 0 aliphatic carbocycles. The van der Waals surface area contributed by atoms with Crippen molar-refractivity contribution in [2.45, 2.75) is 40.0 Å². The molecule has 0 rings (SSSR count). The molecule has 0 heterocycles. The van der Waals surface area contributed by atoms with E-state index in [0.717, 1.165) is 0 Å². The van der Waals surface area contributed by atoms with Crippen LogP contribution in [0.25, 0.3) is 0 Å². The predicted molar refractivity (Wildman–Crippen MR) is 62.0 cm³/mol. The summed E-state index contributed by atoms with van der Waals surface area (Å²) in [6.45, 7) is 9.81. The summed E-state index contributed by atoms with van der Waals surface area (Å²) in [5.74, 6) is -1.19. The summed E-state index contributed by atoms with van der Waals surface area (Å²) >= 11 is 0. The van der Waals surface area contributed by atoms with Crippen molar-refractivity contribution in [1.82, 2.24) is 4.90 Å². The van der Waals surface area contributed by atoms with Gasteiger partial charge in [-0.3, -0.25) is 0 Å². The van der Waals surface area contributed by atoms with Crippen LogP contribution < -0.4 is 0 Å². The molecule has 0 bridgehead atoms. The highest BCUT2D eigenvalue weighted by molar-refractivity contribution is 5.67. The first-order chi connectivity index (χ1) is 7.12. The van der Waals surface area contributed by atoms with Gasteiger partial charge >= 0.3 is 5.97 Å². The molecule has 0 atom stereocenters. The molecule has 0 radical (unpaired) electrons. The number of carboxylic acids is 1. The summed E-state index contributed by atoms with van der Waals surface area (Å²) in [5.41, 5.74) is 0. The van der Waals surface area contributed by atoms with Crippen molar-refractivity contribution in [3.8, 4) is 0 Å².